The van der Waals surface area contributed by atoms with E-state index in [1.54, 1.807) is 11.6 Å². The fraction of sp³-hybridized carbons (Fsp3) is 0.250. The van der Waals surface area contributed by atoms with Gasteiger partial charge in [-0.05, 0) is 29.5 Å². The zero-order valence-electron chi connectivity index (χ0n) is 14.5. The number of carbonyl (C=O) groups excluding carboxylic acids is 2. The van der Waals surface area contributed by atoms with Crippen LogP contribution in [0.3, 0.4) is 0 Å². The van der Waals surface area contributed by atoms with Gasteiger partial charge in [-0.25, -0.2) is 9.59 Å². The summed E-state index contributed by atoms with van der Waals surface area (Å²) in [5.41, 5.74) is -0.266. The van der Waals surface area contributed by atoms with Crippen molar-refractivity contribution in [2.45, 2.75) is 29.7 Å². The van der Waals surface area contributed by atoms with E-state index in [1.807, 2.05) is 0 Å². The Bertz CT molecular complexity index is 959. The maximum absolute atomic E-state index is 12.2. The van der Waals surface area contributed by atoms with Crippen molar-refractivity contribution in [3.63, 3.8) is 0 Å². The van der Waals surface area contributed by atoms with Crippen LogP contribution in [-0.4, -0.2) is 37.4 Å². The lowest BCUT2D eigenvalue weighted by atomic mass is 10.1. The van der Waals surface area contributed by atoms with Gasteiger partial charge in [-0.1, -0.05) is 0 Å². The van der Waals surface area contributed by atoms with E-state index in [2.05, 4.69) is 10.2 Å². The highest BCUT2D eigenvalue weighted by Crippen LogP contribution is 2.33. The predicted molar refractivity (Wildman–Crippen MR) is 92.5 cm³/mol. The number of nitro benzene ring substituents is 1. The third-order valence-corrected chi connectivity index (χ3v) is 4.64. The highest BCUT2D eigenvalue weighted by molar-refractivity contribution is 7.99. The molecule has 0 atom stereocenters. The van der Waals surface area contributed by atoms with Crippen LogP contribution in [0.15, 0.2) is 40.2 Å². The molecule has 0 amide bonds. The molecule has 0 saturated carbocycles. The summed E-state index contributed by atoms with van der Waals surface area (Å²) in [5.74, 6) is -3.10. The number of carbonyl (C=O) groups is 2. The average molecular weight is 390 g/mol. The van der Waals surface area contributed by atoms with E-state index in [4.69, 9.17) is 9.47 Å². The number of ether oxygens (including phenoxy) is 2. The molecule has 140 valence electrons. The Balaban J connectivity index is 2.05. The Kier molecular flexibility index (Phi) is 4.70. The number of esters is 2. The van der Waals surface area contributed by atoms with Gasteiger partial charge in [-0.2, -0.15) is 0 Å². The van der Waals surface area contributed by atoms with Gasteiger partial charge in [0, 0.05) is 37.9 Å². The number of hydrogen-bond acceptors (Lipinski definition) is 9. The largest absolute Gasteiger partial charge is 0.419 e. The average Bonchev–Trinajstić information content (AvgIpc) is 2.96. The van der Waals surface area contributed by atoms with Crippen molar-refractivity contribution in [3.8, 4) is 0 Å². The number of hydrogen-bond donors (Lipinski definition) is 0. The fourth-order valence-corrected chi connectivity index (χ4v) is 3.10. The summed E-state index contributed by atoms with van der Waals surface area (Å²) in [6.07, 6.45) is 2.72. The smallest absolute Gasteiger partial charge is 0.348 e. The summed E-state index contributed by atoms with van der Waals surface area (Å²) < 4.78 is 11.8. The van der Waals surface area contributed by atoms with Crippen LogP contribution in [0.1, 0.15) is 19.4 Å². The highest BCUT2D eigenvalue weighted by atomic mass is 32.2. The van der Waals surface area contributed by atoms with Crippen LogP contribution in [0.4, 0.5) is 5.69 Å². The van der Waals surface area contributed by atoms with Crippen molar-refractivity contribution in [2.24, 2.45) is 7.05 Å². The molecule has 0 unspecified atom stereocenters. The van der Waals surface area contributed by atoms with E-state index in [-0.39, 0.29) is 16.8 Å². The number of aryl methyl sites for hydroxylation is 1. The number of cyclic esters (lactones) is 2. The standard InChI is InChI=1S/C16H14N4O6S/c1-16(2)25-13(21)11(14(22)26-16)7-9-6-10(20(23)24)4-5-12(9)27-15-18-17-8-19(15)3/h4-8H,1-3H3. The van der Waals surface area contributed by atoms with E-state index in [1.165, 1.54) is 56.2 Å². The van der Waals surface area contributed by atoms with Gasteiger partial charge in [-0.3, -0.25) is 10.1 Å². The number of aromatic nitrogens is 3. The molecular weight excluding hydrogens is 376 g/mol. The third kappa shape index (κ3) is 3.97. The van der Waals surface area contributed by atoms with Gasteiger partial charge >= 0.3 is 11.9 Å². The van der Waals surface area contributed by atoms with Crippen LogP contribution in [0.25, 0.3) is 6.08 Å². The van der Waals surface area contributed by atoms with Crippen LogP contribution in [0.2, 0.25) is 0 Å². The molecule has 1 aromatic heterocycles. The molecule has 3 rings (SSSR count). The van der Waals surface area contributed by atoms with Crippen molar-refractivity contribution in [3.05, 3.63) is 45.8 Å². The molecule has 27 heavy (non-hydrogen) atoms. The molecule has 0 spiro atoms. The lowest BCUT2D eigenvalue weighted by Gasteiger charge is -2.29. The number of non-ortho nitro benzene ring substituents is 1. The van der Waals surface area contributed by atoms with Crippen molar-refractivity contribution in [2.75, 3.05) is 0 Å². The summed E-state index contributed by atoms with van der Waals surface area (Å²) in [6.45, 7) is 2.87. The van der Waals surface area contributed by atoms with Gasteiger partial charge < -0.3 is 14.0 Å². The number of rotatable bonds is 4. The molecule has 0 aliphatic carbocycles. The lowest BCUT2D eigenvalue weighted by molar-refractivity contribution is -0.384. The molecule has 10 nitrogen and oxygen atoms in total. The molecule has 1 aliphatic rings. The second-order valence-electron chi connectivity index (χ2n) is 6.04. The van der Waals surface area contributed by atoms with Crippen LogP contribution >= 0.6 is 11.8 Å². The van der Waals surface area contributed by atoms with Crippen molar-refractivity contribution in [1.29, 1.82) is 0 Å². The first-order valence-electron chi connectivity index (χ1n) is 7.65. The molecule has 1 saturated heterocycles. The normalized spacial score (nSPS) is 15.9. The van der Waals surface area contributed by atoms with Crippen molar-refractivity contribution in [1.82, 2.24) is 14.8 Å². The van der Waals surface area contributed by atoms with E-state index >= 15 is 0 Å². The Labute approximate surface area is 157 Å². The van der Waals surface area contributed by atoms with Crippen LogP contribution < -0.4 is 0 Å². The highest BCUT2D eigenvalue weighted by Gasteiger charge is 2.39. The maximum Gasteiger partial charge on any atom is 0.348 e. The Morgan fingerprint density at radius 3 is 2.48 bits per heavy atom. The minimum atomic E-state index is -1.37. The Morgan fingerprint density at radius 1 is 1.26 bits per heavy atom. The van der Waals surface area contributed by atoms with E-state index in [9.17, 15) is 19.7 Å². The monoisotopic (exact) mass is 390 g/mol. The summed E-state index contributed by atoms with van der Waals surface area (Å²) in [6, 6.07) is 4.08. The predicted octanol–water partition coefficient (Wildman–Crippen LogP) is 2.09. The van der Waals surface area contributed by atoms with Crippen LogP contribution in [-0.2, 0) is 26.1 Å². The Morgan fingerprint density at radius 2 is 1.93 bits per heavy atom. The Hall–Kier alpha value is -3.21. The number of nitro groups is 1. The van der Waals surface area contributed by atoms with Crippen molar-refractivity contribution < 1.29 is 24.0 Å². The van der Waals surface area contributed by atoms with Gasteiger partial charge in [0.05, 0.1) is 4.92 Å². The molecule has 11 heteroatoms. The van der Waals surface area contributed by atoms with E-state index in [0.717, 1.165) is 0 Å². The van der Waals surface area contributed by atoms with E-state index in [0.29, 0.717) is 10.1 Å². The zero-order valence-corrected chi connectivity index (χ0v) is 15.3. The van der Waals surface area contributed by atoms with Gasteiger partial charge in [-0.15, -0.1) is 10.2 Å². The summed E-state index contributed by atoms with van der Waals surface area (Å²) in [4.78, 5) is 35.4. The van der Waals surface area contributed by atoms with Crippen LogP contribution in [0.5, 0.6) is 0 Å². The van der Waals surface area contributed by atoms with E-state index < -0.39 is 22.6 Å². The molecule has 0 N–H and O–H groups in total. The zero-order chi connectivity index (χ0) is 19.8. The second kappa shape index (κ2) is 6.83. The van der Waals surface area contributed by atoms with Crippen molar-refractivity contribution >= 4 is 35.5 Å². The summed E-state index contributed by atoms with van der Waals surface area (Å²) >= 11 is 1.18. The first-order valence-corrected chi connectivity index (χ1v) is 8.46. The van der Waals surface area contributed by atoms with Gasteiger partial charge in [0.15, 0.2) is 5.16 Å². The first-order chi connectivity index (χ1) is 12.7. The third-order valence-electron chi connectivity index (χ3n) is 3.49. The minimum absolute atomic E-state index is 0.193. The van der Waals surface area contributed by atoms with Gasteiger partial charge in [0.25, 0.3) is 11.5 Å². The molecule has 1 fully saturated rings. The topological polar surface area (TPSA) is 126 Å². The minimum Gasteiger partial charge on any atom is -0.419 e. The number of nitrogens with zero attached hydrogens (tertiary/aromatic N) is 4. The maximum atomic E-state index is 12.2. The quantitative estimate of drug-likeness (QED) is 0.253. The molecule has 1 aliphatic heterocycles. The van der Waals surface area contributed by atoms with Gasteiger partial charge in [0.1, 0.15) is 11.9 Å². The fourth-order valence-electron chi connectivity index (χ4n) is 2.25. The van der Waals surface area contributed by atoms with Crippen LogP contribution in [0, 0.1) is 10.1 Å². The molecule has 0 bridgehead atoms. The second-order valence-corrected chi connectivity index (χ2v) is 7.05. The summed E-state index contributed by atoms with van der Waals surface area (Å²) in [5, 5.41) is 19.3. The lowest BCUT2D eigenvalue weighted by Crippen LogP contribution is -2.41. The molecular formula is C16H14N4O6S. The molecule has 0 radical (unpaired) electrons. The molecule has 2 heterocycles. The van der Waals surface area contributed by atoms with Gasteiger partial charge in [0.2, 0.25) is 0 Å². The summed E-state index contributed by atoms with van der Waals surface area (Å²) in [7, 11) is 1.74. The molecule has 1 aromatic carbocycles. The first kappa shape index (κ1) is 18.6. The number of benzene rings is 1. The SMILES string of the molecule is Cn1cnnc1Sc1ccc([N+](=O)[O-])cc1C=C1C(=O)OC(C)(C)OC1=O. The molecule has 2 aromatic rings.